The summed E-state index contributed by atoms with van der Waals surface area (Å²) in [5.41, 5.74) is 5.28. The SMILES string of the molecule is CCOc1cccc(CN2C(=O)C(=O)/C(=C(\O)c3ccc(C)c(C)c3)C2c2ccc(N(C)C)cc2)c1. The maximum atomic E-state index is 13.4. The largest absolute Gasteiger partial charge is 0.507 e. The summed E-state index contributed by atoms with van der Waals surface area (Å²) in [7, 11) is 3.90. The summed E-state index contributed by atoms with van der Waals surface area (Å²) in [5.74, 6) is -0.783. The van der Waals surface area contributed by atoms with Gasteiger partial charge in [-0.15, -0.1) is 0 Å². The number of hydrogen-bond donors (Lipinski definition) is 1. The third-order valence-corrected chi connectivity index (χ3v) is 6.61. The fourth-order valence-electron chi connectivity index (χ4n) is 4.49. The molecule has 0 aromatic heterocycles. The summed E-state index contributed by atoms with van der Waals surface area (Å²) in [6, 6.07) is 20.0. The van der Waals surface area contributed by atoms with Gasteiger partial charge in [-0.3, -0.25) is 9.59 Å². The summed E-state index contributed by atoms with van der Waals surface area (Å²) < 4.78 is 5.62. The lowest BCUT2D eigenvalue weighted by atomic mass is 9.94. The molecule has 4 rings (SSSR count). The number of carbonyl (C=O) groups excluding carboxylic acids is 2. The highest BCUT2D eigenvalue weighted by Crippen LogP contribution is 2.41. The Morgan fingerprint density at radius 1 is 0.972 bits per heavy atom. The number of likely N-dealkylation sites (tertiary alicyclic amines) is 1. The van der Waals surface area contributed by atoms with Gasteiger partial charge < -0.3 is 19.6 Å². The summed E-state index contributed by atoms with van der Waals surface area (Å²) >= 11 is 0. The Labute approximate surface area is 212 Å². The summed E-state index contributed by atoms with van der Waals surface area (Å²) in [6.45, 7) is 6.58. The standard InChI is InChI=1S/C30H32N2O4/c1-6-36-25-9-7-8-21(17-25)18-32-27(22-12-14-24(15-13-22)31(4)5)26(29(34)30(32)35)28(33)23-11-10-19(2)20(3)16-23/h7-17,27,33H,6,18H2,1-5H3/b28-26-. The van der Waals surface area contributed by atoms with Gasteiger partial charge in [0.1, 0.15) is 11.5 Å². The van der Waals surface area contributed by atoms with Crippen LogP contribution in [0, 0.1) is 13.8 Å². The molecule has 1 aliphatic heterocycles. The lowest BCUT2D eigenvalue weighted by molar-refractivity contribution is -0.140. The molecule has 1 heterocycles. The van der Waals surface area contributed by atoms with Crippen molar-refractivity contribution >= 4 is 23.1 Å². The zero-order valence-corrected chi connectivity index (χ0v) is 21.4. The van der Waals surface area contributed by atoms with Crippen LogP contribution < -0.4 is 9.64 Å². The second kappa shape index (κ2) is 10.3. The molecule has 0 bridgehead atoms. The zero-order chi connectivity index (χ0) is 26.0. The fraction of sp³-hybridized carbons (Fsp3) is 0.267. The normalized spacial score (nSPS) is 16.9. The molecule has 6 nitrogen and oxygen atoms in total. The average Bonchev–Trinajstić information content (AvgIpc) is 3.10. The third kappa shape index (κ3) is 4.85. The predicted octanol–water partition coefficient (Wildman–Crippen LogP) is 5.39. The van der Waals surface area contributed by atoms with Crippen molar-refractivity contribution in [2.45, 2.75) is 33.4 Å². The second-order valence-corrected chi connectivity index (χ2v) is 9.29. The minimum absolute atomic E-state index is 0.0989. The Balaban J connectivity index is 1.84. The smallest absolute Gasteiger partial charge is 0.295 e. The number of rotatable bonds is 7. The van der Waals surface area contributed by atoms with Crippen LogP contribution in [0.3, 0.4) is 0 Å². The number of aliphatic hydroxyl groups excluding tert-OH is 1. The molecule has 1 unspecified atom stereocenters. The maximum Gasteiger partial charge on any atom is 0.295 e. The number of amides is 1. The second-order valence-electron chi connectivity index (χ2n) is 9.29. The first kappa shape index (κ1) is 25.0. The number of aryl methyl sites for hydroxylation is 2. The number of ketones is 1. The monoisotopic (exact) mass is 484 g/mol. The van der Waals surface area contributed by atoms with Crippen LogP contribution >= 0.6 is 0 Å². The van der Waals surface area contributed by atoms with E-state index in [1.807, 2.05) is 100 Å². The van der Waals surface area contributed by atoms with E-state index in [1.54, 1.807) is 6.07 Å². The Kier molecular flexibility index (Phi) is 7.15. The number of ether oxygens (including phenoxy) is 1. The first-order chi connectivity index (χ1) is 17.2. The van der Waals surface area contributed by atoms with Crippen LogP contribution in [-0.2, 0) is 16.1 Å². The van der Waals surface area contributed by atoms with Gasteiger partial charge in [0.15, 0.2) is 0 Å². The van der Waals surface area contributed by atoms with Crippen molar-refractivity contribution in [2.75, 3.05) is 25.6 Å². The lowest BCUT2D eigenvalue weighted by Gasteiger charge is -2.26. The molecule has 1 amide bonds. The molecule has 36 heavy (non-hydrogen) atoms. The van der Waals surface area contributed by atoms with Crippen LogP contribution in [0.25, 0.3) is 5.76 Å². The van der Waals surface area contributed by atoms with Gasteiger partial charge in [0, 0.05) is 31.9 Å². The van der Waals surface area contributed by atoms with Crippen LogP contribution in [-0.4, -0.2) is 42.4 Å². The van der Waals surface area contributed by atoms with E-state index in [0.29, 0.717) is 17.9 Å². The molecule has 3 aromatic rings. The number of benzene rings is 3. The number of carbonyl (C=O) groups is 2. The molecule has 186 valence electrons. The van der Waals surface area contributed by atoms with Crippen LogP contribution in [0.1, 0.15) is 40.8 Å². The molecule has 0 saturated carbocycles. The van der Waals surface area contributed by atoms with Crippen LogP contribution in [0.5, 0.6) is 5.75 Å². The molecular weight excluding hydrogens is 452 g/mol. The number of nitrogens with zero attached hydrogens (tertiary/aromatic N) is 2. The minimum Gasteiger partial charge on any atom is -0.507 e. The van der Waals surface area contributed by atoms with Gasteiger partial charge in [0.25, 0.3) is 11.7 Å². The Morgan fingerprint density at radius 2 is 1.69 bits per heavy atom. The minimum atomic E-state index is -0.724. The van der Waals surface area contributed by atoms with Crippen molar-refractivity contribution in [3.63, 3.8) is 0 Å². The third-order valence-electron chi connectivity index (χ3n) is 6.61. The Morgan fingerprint density at radius 3 is 2.33 bits per heavy atom. The first-order valence-electron chi connectivity index (χ1n) is 12.1. The number of hydrogen-bond acceptors (Lipinski definition) is 5. The van der Waals surface area contributed by atoms with E-state index < -0.39 is 17.7 Å². The molecule has 0 radical (unpaired) electrons. The van der Waals surface area contributed by atoms with Crippen molar-refractivity contribution in [3.8, 4) is 5.75 Å². The fourth-order valence-corrected chi connectivity index (χ4v) is 4.49. The molecule has 0 spiro atoms. The molecule has 1 aliphatic rings. The van der Waals surface area contributed by atoms with Crippen molar-refractivity contribution < 1.29 is 19.4 Å². The van der Waals surface area contributed by atoms with Gasteiger partial charge >= 0.3 is 0 Å². The van der Waals surface area contributed by atoms with Crippen molar-refractivity contribution in [1.82, 2.24) is 4.90 Å². The van der Waals surface area contributed by atoms with Gasteiger partial charge in [-0.2, -0.15) is 0 Å². The van der Waals surface area contributed by atoms with Crippen molar-refractivity contribution in [1.29, 1.82) is 0 Å². The van der Waals surface area contributed by atoms with E-state index in [9.17, 15) is 14.7 Å². The van der Waals surface area contributed by atoms with Gasteiger partial charge in [0.05, 0.1) is 18.2 Å². The van der Waals surface area contributed by atoms with E-state index in [1.165, 1.54) is 4.90 Å². The Hall–Kier alpha value is -4.06. The predicted molar refractivity (Wildman–Crippen MR) is 142 cm³/mol. The molecule has 1 saturated heterocycles. The molecule has 6 heteroatoms. The highest BCUT2D eigenvalue weighted by molar-refractivity contribution is 6.46. The highest BCUT2D eigenvalue weighted by Gasteiger charge is 2.46. The van der Waals surface area contributed by atoms with Crippen molar-refractivity contribution in [3.05, 3.63) is 100 Å². The summed E-state index contributed by atoms with van der Waals surface area (Å²) in [5, 5.41) is 11.3. The lowest BCUT2D eigenvalue weighted by Crippen LogP contribution is -2.29. The quantitative estimate of drug-likeness (QED) is 0.277. The number of Topliss-reactive ketones (excluding diaryl/α,β-unsaturated/α-hetero) is 1. The van der Waals surface area contributed by atoms with E-state index in [0.717, 1.165) is 27.9 Å². The van der Waals surface area contributed by atoms with E-state index in [4.69, 9.17) is 4.74 Å². The summed E-state index contributed by atoms with van der Waals surface area (Å²) in [4.78, 5) is 30.2. The highest BCUT2D eigenvalue weighted by atomic mass is 16.5. The average molecular weight is 485 g/mol. The Bertz CT molecular complexity index is 1330. The topological polar surface area (TPSA) is 70.1 Å². The molecule has 0 aliphatic carbocycles. The summed E-state index contributed by atoms with van der Waals surface area (Å²) in [6.07, 6.45) is 0. The number of aliphatic hydroxyl groups is 1. The van der Waals surface area contributed by atoms with Crippen LogP contribution in [0.4, 0.5) is 5.69 Å². The van der Waals surface area contributed by atoms with Gasteiger partial charge in [-0.1, -0.05) is 36.4 Å². The zero-order valence-electron chi connectivity index (χ0n) is 21.4. The molecule has 1 fully saturated rings. The number of anilines is 1. The van der Waals surface area contributed by atoms with Crippen molar-refractivity contribution in [2.24, 2.45) is 0 Å². The first-order valence-corrected chi connectivity index (χ1v) is 12.1. The van der Waals surface area contributed by atoms with E-state index in [2.05, 4.69) is 0 Å². The maximum absolute atomic E-state index is 13.4. The van der Waals surface area contributed by atoms with Gasteiger partial charge in [-0.25, -0.2) is 0 Å². The van der Waals surface area contributed by atoms with Crippen LogP contribution in [0.2, 0.25) is 0 Å². The van der Waals surface area contributed by atoms with E-state index >= 15 is 0 Å². The van der Waals surface area contributed by atoms with Crippen LogP contribution in [0.15, 0.2) is 72.3 Å². The molecule has 3 aromatic carbocycles. The molecular formula is C30H32N2O4. The van der Waals surface area contributed by atoms with Gasteiger partial charge in [-0.05, 0) is 73.4 Å². The van der Waals surface area contributed by atoms with E-state index in [-0.39, 0.29) is 17.9 Å². The van der Waals surface area contributed by atoms with Gasteiger partial charge in [0.2, 0.25) is 0 Å². The molecule has 1 atom stereocenters. The molecule has 1 N–H and O–H groups in total.